The van der Waals surface area contributed by atoms with Crippen molar-refractivity contribution < 1.29 is 13.9 Å². The van der Waals surface area contributed by atoms with Crippen LogP contribution in [-0.4, -0.2) is 19.0 Å². The molecule has 0 aliphatic carbocycles. The number of benzene rings is 1. The van der Waals surface area contributed by atoms with E-state index in [4.69, 9.17) is 4.74 Å². The summed E-state index contributed by atoms with van der Waals surface area (Å²) in [4.78, 5) is 12.0. The van der Waals surface area contributed by atoms with Crippen molar-refractivity contribution in [3.63, 3.8) is 0 Å². The Balaban J connectivity index is 2.01. The second-order valence-corrected chi connectivity index (χ2v) is 4.81. The molecule has 1 fully saturated rings. The van der Waals surface area contributed by atoms with Gasteiger partial charge in [-0.3, -0.25) is 4.79 Å². The van der Waals surface area contributed by atoms with Crippen LogP contribution in [0.5, 0.6) is 5.75 Å². The van der Waals surface area contributed by atoms with Gasteiger partial charge < -0.3 is 15.4 Å². The zero-order valence-electron chi connectivity index (χ0n) is 10.7. The molecular weight excluding hydrogens is 247 g/mol. The van der Waals surface area contributed by atoms with Crippen LogP contribution in [0.1, 0.15) is 18.4 Å². The Morgan fingerprint density at radius 1 is 1.26 bits per heavy atom. The number of amides is 1. The minimum Gasteiger partial charge on any atom is -0.449 e. The third-order valence-electron chi connectivity index (χ3n) is 3.48. The molecule has 2 aliphatic rings. The minimum atomic E-state index is -0.430. The third kappa shape index (κ3) is 2.10. The molecular formula is C14H15FN2O2. The number of aryl methyl sites for hydroxylation is 1. The number of piperidine rings is 1. The number of ether oxygens (including phenoxy) is 1. The van der Waals surface area contributed by atoms with Gasteiger partial charge in [-0.1, -0.05) is 6.07 Å². The summed E-state index contributed by atoms with van der Waals surface area (Å²) in [6.07, 6.45) is 1.57. The quantitative estimate of drug-likeness (QED) is 0.704. The molecule has 1 amide bonds. The molecule has 0 saturated carbocycles. The van der Waals surface area contributed by atoms with Crippen molar-refractivity contribution in [2.75, 3.05) is 18.4 Å². The molecule has 2 heterocycles. The maximum Gasteiger partial charge on any atom is 0.291 e. The second-order valence-electron chi connectivity index (χ2n) is 4.81. The van der Waals surface area contributed by atoms with Gasteiger partial charge in [-0.25, -0.2) is 4.39 Å². The van der Waals surface area contributed by atoms with Crippen LogP contribution in [-0.2, 0) is 4.79 Å². The van der Waals surface area contributed by atoms with E-state index < -0.39 is 5.82 Å². The van der Waals surface area contributed by atoms with E-state index in [9.17, 15) is 9.18 Å². The lowest BCUT2D eigenvalue weighted by atomic mass is 10.0. The number of rotatable bonds is 0. The highest BCUT2D eigenvalue weighted by Crippen LogP contribution is 2.36. The summed E-state index contributed by atoms with van der Waals surface area (Å²) >= 11 is 0. The molecule has 19 heavy (non-hydrogen) atoms. The van der Waals surface area contributed by atoms with E-state index in [2.05, 4.69) is 10.6 Å². The van der Waals surface area contributed by atoms with Gasteiger partial charge in [-0.2, -0.15) is 0 Å². The molecule has 0 radical (unpaired) electrons. The fourth-order valence-electron chi connectivity index (χ4n) is 2.38. The van der Waals surface area contributed by atoms with Gasteiger partial charge in [-0.15, -0.1) is 0 Å². The summed E-state index contributed by atoms with van der Waals surface area (Å²) in [5.74, 6) is -0.0740. The number of hydrogen-bond donors (Lipinski definition) is 2. The number of halogens is 1. The van der Waals surface area contributed by atoms with Gasteiger partial charge >= 0.3 is 0 Å². The van der Waals surface area contributed by atoms with Crippen molar-refractivity contribution in [2.45, 2.75) is 19.8 Å². The van der Waals surface area contributed by atoms with Gasteiger partial charge in [0.2, 0.25) is 0 Å². The molecule has 2 aliphatic heterocycles. The maximum absolute atomic E-state index is 13.9. The smallest absolute Gasteiger partial charge is 0.291 e. The third-order valence-corrected chi connectivity index (χ3v) is 3.48. The Hall–Kier alpha value is -1.88. The summed E-state index contributed by atoms with van der Waals surface area (Å²) in [5.41, 5.74) is 1.62. The van der Waals surface area contributed by atoms with Crippen LogP contribution in [0.3, 0.4) is 0 Å². The van der Waals surface area contributed by atoms with Crippen molar-refractivity contribution in [3.8, 4) is 5.75 Å². The highest BCUT2D eigenvalue weighted by atomic mass is 19.1. The summed E-state index contributed by atoms with van der Waals surface area (Å²) in [7, 11) is 0. The first-order valence-corrected chi connectivity index (χ1v) is 6.38. The molecule has 0 aromatic heterocycles. The Morgan fingerprint density at radius 2 is 2.00 bits per heavy atom. The molecule has 1 aromatic rings. The zero-order chi connectivity index (χ0) is 13.4. The van der Waals surface area contributed by atoms with E-state index in [1.807, 2.05) is 0 Å². The van der Waals surface area contributed by atoms with Gasteiger partial charge in [0.25, 0.3) is 5.91 Å². The topological polar surface area (TPSA) is 50.4 Å². The molecule has 100 valence electrons. The van der Waals surface area contributed by atoms with E-state index in [-0.39, 0.29) is 11.6 Å². The monoisotopic (exact) mass is 262 g/mol. The number of hydrogen-bond acceptors (Lipinski definition) is 3. The fourth-order valence-corrected chi connectivity index (χ4v) is 2.38. The first kappa shape index (κ1) is 12.2. The van der Waals surface area contributed by atoms with Gasteiger partial charge in [0, 0.05) is 0 Å². The first-order valence-electron chi connectivity index (χ1n) is 6.38. The molecule has 1 aromatic carbocycles. The van der Waals surface area contributed by atoms with Crippen LogP contribution in [0.15, 0.2) is 23.5 Å². The molecule has 1 saturated heterocycles. The van der Waals surface area contributed by atoms with Crippen molar-refractivity contribution in [1.29, 1.82) is 0 Å². The highest BCUT2D eigenvalue weighted by Gasteiger charge is 2.28. The lowest BCUT2D eigenvalue weighted by molar-refractivity contribution is -0.115. The maximum atomic E-state index is 13.9. The molecule has 0 atom stereocenters. The number of fused-ring (bicyclic) bond motifs is 1. The number of nitrogens with one attached hydrogen (secondary N) is 2. The molecule has 0 unspecified atom stereocenters. The van der Waals surface area contributed by atoms with E-state index in [1.165, 1.54) is 0 Å². The summed E-state index contributed by atoms with van der Waals surface area (Å²) in [5, 5.41) is 5.82. The van der Waals surface area contributed by atoms with Crippen molar-refractivity contribution in [2.24, 2.45) is 0 Å². The molecule has 4 nitrogen and oxygen atoms in total. The Morgan fingerprint density at radius 3 is 2.74 bits per heavy atom. The lowest BCUT2D eigenvalue weighted by Crippen LogP contribution is -2.30. The summed E-state index contributed by atoms with van der Waals surface area (Å²) in [6.45, 7) is 3.33. The Kier molecular flexibility index (Phi) is 2.98. The number of carbonyl (C=O) groups excluding carboxylic acids is 1. The van der Waals surface area contributed by atoms with Crippen LogP contribution in [0, 0.1) is 12.7 Å². The second kappa shape index (κ2) is 4.66. The summed E-state index contributed by atoms with van der Waals surface area (Å²) < 4.78 is 19.5. The van der Waals surface area contributed by atoms with E-state index in [0.717, 1.165) is 31.5 Å². The normalized spacial score (nSPS) is 18.7. The average molecular weight is 262 g/mol. The van der Waals surface area contributed by atoms with Crippen molar-refractivity contribution >= 4 is 11.6 Å². The predicted octanol–water partition coefficient (Wildman–Crippen LogP) is 2.10. The SMILES string of the molecule is Cc1ccc2c(c1F)NC(=O)C(=C1CCNCC1)O2. The first-order chi connectivity index (χ1) is 9.16. The van der Waals surface area contributed by atoms with Crippen LogP contribution in [0.25, 0.3) is 0 Å². The molecule has 3 rings (SSSR count). The number of carbonyl (C=O) groups is 1. The number of anilines is 1. The summed E-state index contributed by atoms with van der Waals surface area (Å²) in [6, 6.07) is 3.34. The Bertz CT molecular complexity index is 573. The van der Waals surface area contributed by atoms with Crippen LogP contribution >= 0.6 is 0 Å². The zero-order valence-corrected chi connectivity index (χ0v) is 10.7. The standard InChI is InChI=1S/C14H15FN2O2/c1-8-2-3-10-12(11(8)15)17-14(18)13(19-10)9-4-6-16-7-5-9/h2-3,16H,4-7H2,1H3,(H,17,18). The predicted molar refractivity (Wildman–Crippen MR) is 69.5 cm³/mol. The highest BCUT2D eigenvalue weighted by molar-refractivity contribution is 6.06. The van der Waals surface area contributed by atoms with E-state index in [0.29, 0.717) is 17.1 Å². The van der Waals surface area contributed by atoms with Gasteiger partial charge in [-0.05, 0) is 50.1 Å². The molecule has 5 heteroatoms. The van der Waals surface area contributed by atoms with E-state index >= 15 is 0 Å². The van der Waals surface area contributed by atoms with Crippen LogP contribution < -0.4 is 15.4 Å². The van der Waals surface area contributed by atoms with Crippen molar-refractivity contribution in [1.82, 2.24) is 5.32 Å². The van der Waals surface area contributed by atoms with E-state index in [1.54, 1.807) is 19.1 Å². The van der Waals surface area contributed by atoms with Crippen LogP contribution in [0.4, 0.5) is 10.1 Å². The average Bonchev–Trinajstić information content (AvgIpc) is 2.44. The Labute approximate surface area is 110 Å². The fraction of sp³-hybridized carbons (Fsp3) is 0.357. The lowest BCUT2D eigenvalue weighted by Gasteiger charge is -2.25. The van der Waals surface area contributed by atoms with Gasteiger partial charge in [0.1, 0.15) is 5.69 Å². The minimum absolute atomic E-state index is 0.142. The van der Waals surface area contributed by atoms with Crippen molar-refractivity contribution in [3.05, 3.63) is 34.8 Å². The van der Waals surface area contributed by atoms with Crippen LogP contribution in [0.2, 0.25) is 0 Å². The van der Waals surface area contributed by atoms with Gasteiger partial charge in [0.15, 0.2) is 17.3 Å². The molecule has 0 spiro atoms. The molecule has 2 N–H and O–H groups in total. The largest absolute Gasteiger partial charge is 0.449 e. The molecule has 0 bridgehead atoms. The van der Waals surface area contributed by atoms with Gasteiger partial charge in [0.05, 0.1) is 0 Å².